The molecule has 0 amide bonds. The number of rotatable bonds is 3. The van der Waals surface area contributed by atoms with Crippen LogP contribution in [0.1, 0.15) is 11.4 Å². The molecule has 0 radical (unpaired) electrons. The molecule has 0 bridgehead atoms. The molecule has 0 unspecified atom stereocenters. The molecule has 0 aromatic carbocycles. The van der Waals surface area contributed by atoms with Gasteiger partial charge in [-0.3, -0.25) is 9.97 Å². The van der Waals surface area contributed by atoms with Crippen LogP contribution in [-0.4, -0.2) is 22.0 Å². The molecule has 0 saturated carbocycles. The summed E-state index contributed by atoms with van der Waals surface area (Å²) in [6, 6.07) is 0. The molecule has 60 valence electrons. The Hall–Kier alpha value is -0.570. The Labute approximate surface area is 71.5 Å². The molecule has 0 aliphatic heterocycles. The van der Waals surface area contributed by atoms with E-state index in [0.29, 0.717) is 0 Å². The van der Waals surface area contributed by atoms with Crippen molar-refractivity contribution in [2.24, 2.45) is 0 Å². The van der Waals surface area contributed by atoms with E-state index in [2.05, 4.69) is 16.2 Å². The van der Waals surface area contributed by atoms with Crippen molar-refractivity contribution in [3.05, 3.63) is 23.8 Å². The quantitative estimate of drug-likeness (QED) is 0.687. The second-order valence-electron chi connectivity index (χ2n) is 2.39. The molecule has 0 atom stereocenters. The van der Waals surface area contributed by atoms with Crippen LogP contribution in [0, 0.1) is 6.92 Å². The van der Waals surface area contributed by atoms with E-state index >= 15 is 0 Å². The first kappa shape index (κ1) is 8.53. The molecule has 1 rings (SSSR count). The Kier molecular flexibility index (Phi) is 3.36. The highest BCUT2D eigenvalue weighted by Gasteiger charge is 1.92. The zero-order valence-electron chi connectivity index (χ0n) is 6.87. The highest BCUT2D eigenvalue weighted by molar-refractivity contribution is 7.98. The molecular weight excluding hydrogens is 156 g/mol. The number of hydrogen-bond donors (Lipinski definition) is 0. The molecule has 0 aliphatic carbocycles. The van der Waals surface area contributed by atoms with E-state index < -0.39 is 0 Å². The third kappa shape index (κ3) is 2.89. The molecule has 1 aromatic heterocycles. The molecule has 0 fully saturated rings. The monoisotopic (exact) mass is 168 g/mol. The Morgan fingerprint density at radius 1 is 1.36 bits per heavy atom. The summed E-state index contributed by atoms with van der Waals surface area (Å²) in [4.78, 5) is 8.40. The highest BCUT2D eigenvalue weighted by Crippen LogP contribution is 2.00. The standard InChI is InChI=1S/C8H12N2S/c1-7-5-10-8(6-9-7)3-4-11-2/h5-6H,3-4H2,1-2H3. The van der Waals surface area contributed by atoms with Gasteiger partial charge in [-0.15, -0.1) is 0 Å². The van der Waals surface area contributed by atoms with Crippen LogP contribution < -0.4 is 0 Å². The third-order valence-corrected chi connectivity index (χ3v) is 2.01. The fraction of sp³-hybridized carbons (Fsp3) is 0.500. The predicted molar refractivity (Wildman–Crippen MR) is 48.9 cm³/mol. The van der Waals surface area contributed by atoms with Gasteiger partial charge in [0.2, 0.25) is 0 Å². The van der Waals surface area contributed by atoms with Gasteiger partial charge < -0.3 is 0 Å². The number of aromatic nitrogens is 2. The second kappa shape index (κ2) is 4.34. The third-order valence-electron chi connectivity index (χ3n) is 1.40. The number of nitrogens with zero attached hydrogens (tertiary/aromatic N) is 2. The maximum Gasteiger partial charge on any atom is 0.0595 e. The molecule has 0 aliphatic rings. The van der Waals surface area contributed by atoms with Crippen molar-refractivity contribution in [3.8, 4) is 0 Å². The Bertz CT molecular complexity index is 208. The molecule has 0 saturated heterocycles. The van der Waals surface area contributed by atoms with Crippen LogP contribution in [0.3, 0.4) is 0 Å². The lowest BCUT2D eigenvalue weighted by molar-refractivity contribution is 0.985. The summed E-state index contributed by atoms with van der Waals surface area (Å²) in [7, 11) is 0. The van der Waals surface area contributed by atoms with Gasteiger partial charge in [-0.2, -0.15) is 11.8 Å². The van der Waals surface area contributed by atoms with Gasteiger partial charge in [0.05, 0.1) is 11.4 Å². The highest BCUT2D eigenvalue weighted by atomic mass is 32.2. The van der Waals surface area contributed by atoms with E-state index in [4.69, 9.17) is 0 Å². The van der Waals surface area contributed by atoms with Crippen LogP contribution in [0.4, 0.5) is 0 Å². The van der Waals surface area contributed by atoms with Crippen LogP contribution in [-0.2, 0) is 6.42 Å². The topological polar surface area (TPSA) is 25.8 Å². The van der Waals surface area contributed by atoms with Crippen LogP contribution in [0.15, 0.2) is 12.4 Å². The van der Waals surface area contributed by atoms with Crippen molar-refractivity contribution >= 4 is 11.8 Å². The number of thioether (sulfide) groups is 1. The minimum atomic E-state index is 0.984. The van der Waals surface area contributed by atoms with E-state index in [1.54, 1.807) is 0 Å². The summed E-state index contributed by atoms with van der Waals surface area (Å²) in [6.07, 6.45) is 6.79. The fourth-order valence-electron chi connectivity index (χ4n) is 0.755. The lowest BCUT2D eigenvalue weighted by atomic mass is 10.3. The molecule has 1 heterocycles. The SMILES string of the molecule is CSCCc1cnc(C)cn1. The van der Waals surface area contributed by atoms with Gasteiger partial charge in [0.15, 0.2) is 0 Å². The van der Waals surface area contributed by atoms with Gasteiger partial charge in [-0.1, -0.05) is 0 Å². The fourth-order valence-corrected chi connectivity index (χ4v) is 1.17. The van der Waals surface area contributed by atoms with Gasteiger partial charge in [0.1, 0.15) is 0 Å². The van der Waals surface area contributed by atoms with Crippen LogP contribution in [0.25, 0.3) is 0 Å². The van der Waals surface area contributed by atoms with Crippen molar-refractivity contribution in [2.45, 2.75) is 13.3 Å². The molecule has 3 heteroatoms. The summed E-state index contributed by atoms with van der Waals surface area (Å²) >= 11 is 1.83. The molecule has 1 aromatic rings. The van der Waals surface area contributed by atoms with Crippen molar-refractivity contribution in [2.75, 3.05) is 12.0 Å². The van der Waals surface area contributed by atoms with E-state index in [0.717, 1.165) is 23.6 Å². The average molecular weight is 168 g/mol. The summed E-state index contributed by atoms with van der Waals surface area (Å²) < 4.78 is 0. The maximum absolute atomic E-state index is 4.24. The normalized spacial score (nSPS) is 10.0. The van der Waals surface area contributed by atoms with E-state index in [1.165, 1.54) is 0 Å². The van der Waals surface area contributed by atoms with E-state index in [-0.39, 0.29) is 0 Å². The van der Waals surface area contributed by atoms with Crippen molar-refractivity contribution in [1.82, 2.24) is 9.97 Å². The summed E-state index contributed by atoms with van der Waals surface area (Å²) in [5.41, 5.74) is 2.07. The van der Waals surface area contributed by atoms with Crippen molar-refractivity contribution in [3.63, 3.8) is 0 Å². The van der Waals surface area contributed by atoms with Crippen LogP contribution >= 0.6 is 11.8 Å². The van der Waals surface area contributed by atoms with E-state index in [1.807, 2.05) is 31.1 Å². The summed E-state index contributed by atoms with van der Waals surface area (Å²) in [5.74, 6) is 1.12. The minimum absolute atomic E-state index is 0.984. The van der Waals surface area contributed by atoms with Crippen LogP contribution in [0.5, 0.6) is 0 Å². The largest absolute Gasteiger partial charge is 0.258 e. The smallest absolute Gasteiger partial charge is 0.0595 e. The van der Waals surface area contributed by atoms with Gasteiger partial charge in [0.25, 0.3) is 0 Å². The Morgan fingerprint density at radius 3 is 2.73 bits per heavy atom. The van der Waals surface area contributed by atoms with Gasteiger partial charge in [-0.25, -0.2) is 0 Å². The first-order valence-corrected chi connectivity index (χ1v) is 4.99. The lowest BCUT2D eigenvalue weighted by Gasteiger charge is -1.97. The van der Waals surface area contributed by atoms with Gasteiger partial charge >= 0.3 is 0 Å². The molecule has 2 nitrogen and oxygen atoms in total. The van der Waals surface area contributed by atoms with Crippen molar-refractivity contribution < 1.29 is 0 Å². The number of hydrogen-bond acceptors (Lipinski definition) is 3. The molecule has 0 N–H and O–H groups in total. The van der Waals surface area contributed by atoms with Gasteiger partial charge in [-0.05, 0) is 18.9 Å². The van der Waals surface area contributed by atoms with Crippen LogP contribution in [0.2, 0.25) is 0 Å². The first-order chi connectivity index (χ1) is 5.33. The first-order valence-electron chi connectivity index (χ1n) is 3.59. The summed E-state index contributed by atoms with van der Waals surface area (Å²) in [6.45, 7) is 1.95. The Balaban J connectivity index is 2.52. The van der Waals surface area contributed by atoms with E-state index in [9.17, 15) is 0 Å². The van der Waals surface area contributed by atoms with Crippen molar-refractivity contribution in [1.29, 1.82) is 0 Å². The predicted octanol–water partition coefficient (Wildman–Crippen LogP) is 1.69. The molecule has 11 heavy (non-hydrogen) atoms. The summed E-state index contributed by atoms with van der Waals surface area (Å²) in [5, 5.41) is 0. The number of aryl methyl sites for hydroxylation is 2. The second-order valence-corrected chi connectivity index (χ2v) is 3.38. The maximum atomic E-state index is 4.24. The molecule has 0 spiro atoms. The average Bonchev–Trinajstić information content (AvgIpc) is 2.04. The minimum Gasteiger partial charge on any atom is -0.258 e. The van der Waals surface area contributed by atoms with Gasteiger partial charge in [0, 0.05) is 18.8 Å². The zero-order valence-corrected chi connectivity index (χ0v) is 7.69. The lowest BCUT2D eigenvalue weighted by Crippen LogP contribution is -1.94. The zero-order chi connectivity index (χ0) is 8.10. The molecular formula is C8H12N2S. The Morgan fingerprint density at radius 2 is 2.18 bits per heavy atom.